The van der Waals surface area contributed by atoms with Crippen LogP contribution in [0.5, 0.6) is 0 Å². The average Bonchev–Trinajstić information content (AvgIpc) is 3.28. The van der Waals surface area contributed by atoms with Gasteiger partial charge in [0.05, 0.1) is 24.6 Å². The standard InChI is InChI=1S/C18H21F2N7O3/c1-10-15(26-30-25-10)16(28)21-8-12-9-27-14(24-12)4-11(7-23-27)6-22-17(29)18(2,3)5-13(19)20/h4,7,9,13H,5-6,8H2,1-3H3,(H,21,28)(H,22,29). The summed E-state index contributed by atoms with van der Waals surface area (Å²) in [6.07, 6.45) is 0.117. The number of amides is 2. The maximum Gasteiger partial charge on any atom is 0.275 e. The second kappa shape index (κ2) is 8.51. The topological polar surface area (TPSA) is 127 Å². The monoisotopic (exact) mass is 421 g/mol. The second-order valence-corrected chi connectivity index (χ2v) is 7.44. The number of hydrogen-bond donors (Lipinski definition) is 2. The number of nitrogens with zero attached hydrogens (tertiary/aromatic N) is 5. The van der Waals surface area contributed by atoms with Crippen LogP contribution in [0.15, 0.2) is 23.1 Å². The molecule has 0 radical (unpaired) electrons. The highest BCUT2D eigenvalue weighted by Crippen LogP contribution is 2.24. The fraction of sp³-hybridized carbons (Fsp3) is 0.444. The number of carbonyl (C=O) groups excluding carboxylic acids is 2. The third-order valence-electron chi connectivity index (χ3n) is 4.46. The summed E-state index contributed by atoms with van der Waals surface area (Å²) >= 11 is 0. The van der Waals surface area contributed by atoms with Crippen LogP contribution in [0.3, 0.4) is 0 Å². The van der Waals surface area contributed by atoms with E-state index in [0.717, 1.165) is 0 Å². The lowest BCUT2D eigenvalue weighted by Gasteiger charge is -2.22. The Labute approximate surface area is 170 Å². The van der Waals surface area contributed by atoms with Crippen molar-refractivity contribution in [2.75, 3.05) is 0 Å². The van der Waals surface area contributed by atoms with E-state index < -0.39 is 30.1 Å². The summed E-state index contributed by atoms with van der Waals surface area (Å²) in [5.41, 5.74) is 1.04. The zero-order chi connectivity index (χ0) is 21.9. The molecule has 10 nitrogen and oxygen atoms in total. The summed E-state index contributed by atoms with van der Waals surface area (Å²) in [6, 6.07) is 1.71. The number of alkyl halides is 2. The van der Waals surface area contributed by atoms with Crippen molar-refractivity contribution in [2.45, 2.75) is 46.7 Å². The molecule has 3 rings (SSSR count). The summed E-state index contributed by atoms with van der Waals surface area (Å²) in [5.74, 6) is -0.902. The summed E-state index contributed by atoms with van der Waals surface area (Å²) in [7, 11) is 0. The Balaban J connectivity index is 1.61. The predicted octanol–water partition coefficient (Wildman–Crippen LogP) is 1.65. The molecule has 2 amide bonds. The first-order valence-electron chi connectivity index (χ1n) is 9.12. The lowest BCUT2D eigenvalue weighted by molar-refractivity contribution is -0.131. The van der Waals surface area contributed by atoms with Gasteiger partial charge in [0.1, 0.15) is 5.69 Å². The van der Waals surface area contributed by atoms with Gasteiger partial charge in [-0.1, -0.05) is 19.0 Å². The molecule has 0 atom stereocenters. The zero-order valence-electron chi connectivity index (χ0n) is 16.6. The SMILES string of the molecule is Cc1nonc1C(=O)NCc1cn2ncc(CNC(=O)C(C)(C)CC(F)F)cc2n1. The van der Waals surface area contributed by atoms with Gasteiger partial charge in [0.25, 0.3) is 5.91 Å². The molecule has 0 aromatic carbocycles. The molecular formula is C18H21F2N7O3. The van der Waals surface area contributed by atoms with Gasteiger partial charge in [-0.2, -0.15) is 5.10 Å². The number of nitrogens with one attached hydrogen (secondary N) is 2. The van der Waals surface area contributed by atoms with Crippen molar-refractivity contribution < 1.29 is 23.0 Å². The minimum atomic E-state index is -2.56. The number of rotatable bonds is 8. The van der Waals surface area contributed by atoms with Crippen LogP contribution >= 0.6 is 0 Å². The van der Waals surface area contributed by atoms with Crippen LogP contribution in [0.4, 0.5) is 8.78 Å². The summed E-state index contributed by atoms with van der Waals surface area (Å²) in [6.45, 7) is 4.83. The van der Waals surface area contributed by atoms with E-state index in [9.17, 15) is 18.4 Å². The van der Waals surface area contributed by atoms with Crippen molar-refractivity contribution in [1.82, 2.24) is 35.5 Å². The second-order valence-electron chi connectivity index (χ2n) is 7.44. The van der Waals surface area contributed by atoms with E-state index in [4.69, 9.17) is 0 Å². The highest BCUT2D eigenvalue weighted by Gasteiger charge is 2.31. The average molecular weight is 421 g/mol. The van der Waals surface area contributed by atoms with E-state index in [-0.39, 0.29) is 18.8 Å². The molecular weight excluding hydrogens is 400 g/mol. The smallest absolute Gasteiger partial charge is 0.275 e. The van der Waals surface area contributed by atoms with E-state index in [1.54, 1.807) is 25.4 Å². The Morgan fingerprint density at radius 3 is 2.67 bits per heavy atom. The lowest BCUT2D eigenvalue weighted by atomic mass is 9.88. The van der Waals surface area contributed by atoms with Gasteiger partial charge in [-0.05, 0) is 23.7 Å². The molecule has 0 spiro atoms. The Kier molecular flexibility index (Phi) is 6.04. The van der Waals surface area contributed by atoms with Crippen molar-refractivity contribution in [3.63, 3.8) is 0 Å². The number of aromatic nitrogens is 5. The molecule has 3 aromatic rings. The van der Waals surface area contributed by atoms with Crippen molar-refractivity contribution >= 4 is 17.5 Å². The molecule has 0 unspecified atom stereocenters. The number of hydrogen-bond acceptors (Lipinski definition) is 7. The molecule has 0 fully saturated rings. The summed E-state index contributed by atoms with van der Waals surface area (Å²) in [5, 5.41) is 16.6. The Morgan fingerprint density at radius 1 is 1.23 bits per heavy atom. The van der Waals surface area contributed by atoms with Crippen LogP contribution in [0.1, 0.15) is 47.7 Å². The van der Waals surface area contributed by atoms with E-state index in [0.29, 0.717) is 22.6 Å². The first-order chi connectivity index (χ1) is 14.2. The van der Waals surface area contributed by atoms with Crippen LogP contribution in [0.25, 0.3) is 5.65 Å². The van der Waals surface area contributed by atoms with Crippen molar-refractivity contribution in [2.24, 2.45) is 5.41 Å². The molecule has 0 saturated heterocycles. The van der Waals surface area contributed by atoms with Gasteiger partial charge in [-0.3, -0.25) is 9.59 Å². The molecule has 3 aromatic heterocycles. The number of carbonyl (C=O) groups is 2. The third-order valence-corrected chi connectivity index (χ3v) is 4.46. The van der Waals surface area contributed by atoms with Crippen LogP contribution in [-0.2, 0) is 17.9 Å². The van der Waals surface area contributed by atoms with Crippen molar-refractivity contribution in [1.29, 1.82) is 0 Å². The predicted molar refractivity (Wildman–Crippen MR) is 99.4 cm³/mol. The largest absolute Gasteiger partial charge is 0.351 e. The van der Waals surface area contributed by atoms with Crippen LogP contribution in [0, 0.1) is 12.3 Å². The minimum absolute atomic E-state index is 0.102. The first kappa shape index (κ1) is 21.3. The molecule has 30 heavy (non-hydrogen) atoms. The van der Waals surface area contributed by atoms with Crippen LogP contribution in [0.2, 0.25) is 0 Å². The van der Waals surface area contributed by atoms with Crippen molar-refractivity contribution in [3.8, 4) is 0 Å². The quantitative estimate of drug-likeness (QED) is 0.566. The summed E-state index contributed by atoms with van der Waals surface area (Å²) in [4.78, 5) is 28.6. The van der Waals surface area contributed by atoms with Gasteiger partial charge >= 0.3 is 0 Å². The highest BCUT2D eigenvalue weighted by molar-refractivity contribution is 5.92. The van der Waals surface area contributed by atoms with Gasteiger partial charge in [0, 0.05) is 18.4 Å². The molecule has 3 heterocycles. The molecule has 2 N–H and O–H groups in total. The van der Waals surface area contributed by atoms with E-state index in [2.05, 4.69) is 35.7 Å². The lowest BCUT2D eigenvalue weighted by Crippen LogP contribution is -2.37. The van der Waals surface area contributed by atoms with Gasteiger partial charge < -0.3 is 10.6 Å². The third kappa shape index (κ3) is 4.93. The van der Waals surface area contributed by atoms with Crippen LogP contribution in [-0.4, -0.2) is 43.2 Å². The summed E-state index contributed by atoms with van der Waals surface area (Å²) < 4.78 is 31.2. The number of aryl methyl sites for hydroxylation is 1. The highest BCUT2D eigenvalue weighted by atomic mass is 19.3. The first-order valence-corrected chi connectivity index (χ1v) is 9.12. The Hall–Kier alpha value is -3.44. The van der Waals surface area contributed by atoms with E-state index >= 15 is 0 Å². The normalized spacial score (nSPS) is 11.8. The van der Waals surface area contributed by atoms with E-state index in [1.165, 1.54) is 18.4 Å². The van der Waals surface area contributed by atoms with Gasteiger partial charge in [0.15, 0.2) is 11.3 Å². The molecule has 160 valence electrons. The van der Waals surface area contributed by atoms with Crippen LogP contribution < -0.4 is 10.6 Å². The molecule has 0 saturated carbocycles. The molecule has 0 aliphatic carbocycles. The van der Waals surface area contributed by atoms with Gasteiger partial charge in [0.2, 0.25) is 12.3 Å². The Morgan fingerprint density at radius 2 is 2.00 bits per heavy atom. The maximum atomic E-state index is 12.6. The number of fused-ring (bicyclic) bond motifs is 1. The maximum absolute atomic E-state index is 12.6. The van der Waals surface area contributed by atoms with E-state index in [1.807, 2.05) is 0 Å². The Bertz CT molecular complexity index is 1060. The molecule has 0 aliphatic heterocycles. The van der Waals surface area contributed by atoms with Gasteiger partial charge in [-0.15, -0.1) is 0 Å². The fourth-order valence-corrected chi connectivity index (χ4v) is 2.74. The molecule has 12 heteroatoms. The molecule has 0 bridgehead atoms. The number of halogens is 2. The van der Waals surface area contributed by atoms with Crippen molar-refractivity contribution in [3.05, 3.63) is 41.1 Å². The number of imidazole rings is 1. The zero-order valence-corrected chi connectivity index (χ0v) is 16.6. The fourth-order valence-electron chi connectivity index (χ4n) is 2.74. The van der Waals surface area contributed by atoms with Gasteiger partial charge in [-0.25, -0.2) is 22.9 Å². The molecule has 0 aliphatic rings. The minimum Gasteiger partial charge on any atom is -0.351 e.